The van der Waals surface area contributed by atoms with Crippen molar-refractivity contribution in [1.82, 2.24) is 10.3 Å². The molecule has 5 heteroatoms. The molecule has 0 aromatic carbocycles. The van der Waals surface area contributed by atoms with Gasteiger partial charge in [0.25, 0.3) is 0 Å². The summed E-state index contributed by atoms with van der Waals surface area (Å²) >= 11 is 1.47. The third-order valence-corrected chi connectivity index (χ3v) is 5.37. The number of rotatable bonds is 5. The summed E-state index contributed by atoms with van der Waals surface area (Å²) in [5.74, 6) is 0.620. The lowest BCUT2D eigenvalue weighted by Gasteiger charge is -2.23. The van der Waals surface area contributed by atoms with Gasteiger partial charge in [-0.2, -0.15) is 0 Å². The zero-order valence-electron chi connectivity index (χ0n) is 12.7. The Labute approximate surface area is 134 Å². The Morgan fingerprint density at radius 3 is 2.77 bits per heavy atom. The second-order valence-electron chi connectivity index (χ2n) is 5.74. The molecule has 0 amide bonds. The molecule has 0 bridgehead atoms. The van der Waals surface area contributed by atoms with E-state index in [9.17, 15) is 9.59 Å². The smallest absolute Gasteiger partial charge is 0.220 e. The topological polar surface area (TPSA) is 59.1 Å². The minimum atomic E-state index is -0.117. The van der Waals surface area contributed by atoms with Crippen LogP contribution in [0.3, 0.4) is 0 Å². The van der Waals surface area contributed by atoms with Crippen molar-refractivity contribution >= 4 is 23.3 Å². The first-order valence-corrected chi connectivity index (χ1v) is 8.89. The summed E-state index contributed by atoms with van der Waals surface area (Å²) in [6.45, 7) is 2.07. The molecule has 1 saturated carbocycles. The lowest BCUT2D eigenvalue weighted by molar-refractivity contribution is 0.0970. The second kappa shape index (κ2) is 6.65. The van der Waals surface area contributed by atoms with E-state index in [4.69, 9.17) is 0 Å². The van der Waals surface area contributed by atoms with Crippen molar-refractivity contribution in [1.29, 1.82) is 0 Å². The van der Waals surface area contributed by atoms with Gasteiger partial charge in [0.05, 0.1) is 10.5 Å². The van der Waals surface area contributed by atoms with Crippen molar-refractivity contribution in [2.24, 2.45) is 0 Å². The Balaban J connectivity index is 1.98. The summed E-state index contributed by atoms with van der Waals surface area (Å²) in [5, 5.41) is 3.36. The fraction of sp³-hybridized carbons (Fsp3) is 0.471. The highest BCUT2D eigenvalue weighted by Gasteiger charge is 2.34. The van der Waals surface area contributed by atoms with Crippen LogP contribution >= 0.6 is 11.8 Å². The molecule has 1 N–H and O–H groups in total. The van der Waals surface area contributed by atoms with Gasteiger partial charge in [0.1, 0.15) is 11.4 Å². The first-order chi connectivity index (χ1) is 10.7. The van der Waals surface area contributed by atoms with Crippen LogP contribution in [-0.2, 0) is 0 Å². The first kappa shape index (κ1) is 15.3. The van der Waals surface area contributed by atoms with Gasteiger partial charge in [0.2, 0.25) is 11.6 Å². The highest BCUT2D eigenvalue weighted by atomic mass is 32.2. The molecule has 0 saturated heterocycles. The molecular weight excluding hydrogens is 296 g/mol. The number of Topliss-reactive ketones (excluding diaryl/α,β-unsaturated/α-hetero) is 2. The molecule has 0 unspecified atom stereocenters. The van der Waals surface area contributed by atoms with Crippen LogP contribution in [0.2, 0.25) is 0 Å². The molecule has 0 radical (unpaired) electrons. The van der Waals surface area contributed by atoms with Gasteiger partial charge in [-0.1, -0.05) is 19.8 Å². The largest absolute Gasteiger partial charge is 0.378 e. The van der Waals surface area contributed by atoms with Crippen molar-refractivity contribution in [2.45, 2.75) is 45.1 Å². The van der Waals surface area contributed by atoms with E-state index >= 15 is 0 Å². The molecule has 1 aromatic rings. The van der Waals surface area contributed by atoms with Crippen LogP contribution in [0.5, 0.6) is 0 Å². The van der Waals surface area contributed by atoms with Crippen molar-refractivity contribution < 1.29 is 9.59 Å². The molecule has 2 aliphatic rings. The van der Waals surface area contributed by atoms with Crippen LogP contribution in [-0.4, -0.2) is 28.3 Å². The third-order valence-electron chi connectivity index (χ3n) is 4.08. The van der Waals surface area contributed by atoms with Gasteiger partial charge in [0.15, 0.2) is 0 Å². The van der Waals surface area contributed by atoms with Gasteiger partial charge >= 0.3 is 0 Å². The predicted molar refractivity (Wildman–Crippen MR) is 88.1 cm³/mol. The number of nitrogens with zero attached hydrogens (tertiary/aromatic N) is 1. The van der Waals surface area contributed by atoms with Gasteiger partial charge in [0, 0.05) is 12.2 Å². The summed E-state index contributed by atoms with van der Waals surface area (Å²) in [6, 6.07) is 3.71. The third kappa shape index (κ3) is 2.82. The average molecular weight is 316 g/mol. The molecule has 0 spiro atoms. The fourth-order valence-corrected chi connectivity index (χ4v) is 3.91. The van der Waals surface area contributed by atoms with Gasteiger partial charge in [-0.15, -0.1) is 11.8 Å². The van der Waals surface area contributed by atoms with E-state index in [1.165, 1.54) is 24.6 Å². The highest BCUT2D eigenvalue weighted by molar-refractivity contribution is 8.04. The van der Waals surface area contributed by atoms with Gasteiger partial charge in [-0.05, 0) is 37.1 Å². The molecule has 3 rings (SSSR count). The van der Waals surface area contributed by atoms with E-state index in [0.717, 1.165) is 25.0 Å². The van der Waals surface area contributed by atoms with Crippen molar-refractivity contribution in [3.8, 4) is 0 Å². The molecule has 1 aromatic heterocycles. The van der Waals surface area contributed by atoms with E-state index in [2.05, 4.69) is 17.2 Å². The molecule has 0 aliphatic heterocycles. The number of aromatic nitrogens is 1. The number of fused-ring (bicyclic) bond motifs is 1. The maximum Gasteiger partial charge on any atom is 0.220 e. The normalized spacial score (nSPS) is 18.8. The molecule has 2 aliphatic carbocycles. The number of carbonyl (C=O) groups excluding carboxylic acids is 2. The van der Waals surface area contributed by atoms with Crippen LogP contribution < -0.4 is 5.32 Å². The number of ketones is 2. The quantitative estimate of drug-likeness (QED) is 0.903. The van der Waals surface area contributed by atoms with E-state index < -0.39 is 0 Å². The molecule has 22 heavy (non-hydrogen) atoms. The van der Waals surface area contributed by atoms with E-state index in [0.29, 0.717) is 27.9 Å². The fourth-order valence-electron chi connectivity index (χ4n) is 2.98. The first-order valence-electron chi connectivity index (χ1n) is 7.90. The molecule has 1 fully saturated rings. The summed E-state index contributed by atoms with van der Waals surface area (Å²) in [7, 11) is 0. The number of carbonyl (C=O) groups is 2. The monoisotopic (exact) mass is 316 g/mol. The second-order valence-corrected chi connectivity index (χ2v) is 6.84. The summed E-state index contributed by atoms with van der Waals surface area (Å²) < 4.78 is 0. The highest BCUT2D eigenvalue weighted by Crippen LogP contribution is 2.32. The number of allylic oxidation sites excluding steroid dienone is 2. The minimum Gasteiger partial charge on any atom is -0.378 e. The Morgan fingerprint density at radius 1 is 1.27 bits per heavy atom. The van der Waals surface area contributed by atoms with Crippen molar-refractivity contribution in [3.63, 3.8) is 0 Å². The minimum absolute atomic E-state index is 0.0896. The van der Waals surface area contributed by atoms with Crippen LogP contribution in [0.4, 0.5) is 0 Å². The van der Waals surface area contributed by atoms with Gasteiger partial charge in [-0.25, -0.2) is 0 Å². The van der Waals surface area contributed by atoms with E-state index in [1.54, 1.807) is 18.3 Å². The van der Waals surface area contributed by atoms with E-state index in [-0.39, 0.29) is 11.6 Å². The van der Waals surface area contributed by atoms with Crippen LogP contribution in [0, 0.1) is 0 Å². The molecule has 0 atom stereocenters. The lowest BCUT2D eigenvalue weighted by Crippen LogP contribution is -2.35. The van der Waals surface area contributed by atoms with Crippen LogP contribution in [0.1, 0.15) is 59.9 Å². The van der Waals surface area contributed by atoms with Crippen molar-refractivity contribution in [3.05, 3.63) is 40.2 Å². The number of thioether (sulfide) groups is 1. The Hall–Kier alpha value is -1.62. The Morgan fingerprint density at radius 2 is 2.05 bits per heavy atom. The van der Waals surface area contributed by atoms with Crippen LogP contribution in [0.25, 0.3) is 0 Å². The Kier molecular flexibility index (Phi) is 4.62. The Bertz CT molecular complexity index is 633. The molecule has 4 nitrogen and oxygen atoms in total. The number of hydrogen-bond donors (Lipinski definition) is 1. The maximum absolute atomic E-state index is 12.8. The van der Waals surface area contributed by atoms with Gasteiger partial charge in [-0.3, -0.25) is 14.6 Å². The molecule has 116 valence electrons. The number of nitrogens with one attached hydrogen (secondary N) is 1. The number of pyridine rings is 1. The zero-order valence-corrected chi connectivity index (χ0v) is 13.5. The van der Waals surface area contributed by atoms with Crippen LogP contribution in [0.15, 0.2) is 28.9 Å². The number of hydrogen-bond acceptors (Lipinski definition) is 5. The predicted octanol–water partition coefficient (Wildman–Crippen LogP) is 3.35. The van der Waals surface area contributed by atoms with E-state index in [1.807, 2.05) is 0 Å². The SMILES string of the molecule is CCCSC1=C(NC2CCCC2)C(=O)c2cccnc2C1=O. The van der Waals surface area contributed by atoms with Crippen molar-refractivity contribution in [2.75, 3.05) is 5.75 Å². The summed E-state index contributed by atoms with van der Waals surface area (Å²) in [6.07, 6.45) is 7.03. The average Bonchev–Trinajstić information content (AvgIpc) is 3.05. The zero-order chi connectivity index (χ0) is 15.5. The lowest BCUT2D eigenvalue weighted by atomic mass is 9.96. The summed E-state index contributed by atoms with van der Waals surface area (Å²) in [5.41, 5.74) is 1.22. The molecular formula is C17H20N2O2S. The maximum atomic E-state index is 12.8. The van der Waals surface area contributed by atoms with Gasteiger partial charge < -0.3 is 5.32 Å². The molecule has 1 heterocycles. The summed E-state index contributed by atoms with van der Waals surface area (Å²) in [4.78, 5) is 30.2. The standard InChI is InChI=1S/C17H20N2O2S/c1-2-10-22-17-14(19-11-6-3-4-7-11)15(20)12-8-5-9-18-13(12)16(17)21/h5,8-9,11,19H,2-4,6-7,10H2,1H3.